The Hall–Kier alpha value is -3.08. The number of hydrogen-bond donors (Lipinski definition) is 1. The molecule has 1 amide bonds. The lowest BCUT2D eigenvalue weighted by molar-refractivity contribution is 0.0633. The van der Waals surface area contributed by atoms with Crippen LogP contribution in [-0.2, 0) is 0 Å². The minimum absolute atomic E-state index is 0.0266. The van der Waals surface area contributed by atoms with E-state index in [0.717, 1.165) is 25.7 Å². The summed E-state index contributed by atoms with van der Waals surface area (Å²) in [5.74, 6) is 0.929. The molecule has 5 heteroatoms. The number of phenolic OH excluding ortho intramolecular Hbond substituents is 1. The van der Waals surface area contributed by atoms with Crippen LogP contribution in [0.15, 0.2) is 49.0 Å². The zero-order valence-electron chi connectivity index (χ0n) is 15.1. The Kier molecular flexibility index (Phi) is 5.91. The van der Waals surface area contributed by atoms with Crippen LogP contribution in [-0.4, -0.2) is 41.9 Å². The molecule has 5 nitrogen and oxygen atoms in total. The van der Waals surface area contributed by atoms with E-state index in [4.69, 9.17) is 4.74 Å². The van der Waals surface area contributed by atoms with Crippen molar-refractivity contribution in [1.82, 2.24) is 4.90 Å². The van der Waals surface area contributed by atoms with Crippen LogP contribution in [0.5, 0.6) is 11.5 Å². The molecule has 1 heterocycles. The third kappa shape index (κ3) is 4.37. The van der Waals surface area contributed by atoms with Crippen LogP contribution in [0.3, 0.4) is 0 Å². The fourth-order valence-electron chi connectivity index (χ4n) is 3.34. The summed E-state index contributed by atoms with van der Waals surface area (Å²) in [5.41, 5.74) is 1.72. The van der Waals surface area contributed by atoms with E-state index in [-0.39, 0.29) is 17.6 Å². The SMILES string of the molecule is C=Cc1c(O)cccc1OC[C@@H]1CCCN(C(=O)c2ccc(C=O)cc2)C1. The lowest BCUT2D eigenvalue weighted by Gasteiger charge is -2.33. The van der Waals surface area contributed by atoms with E-state index in [2.05, 4.69) is 6.58 Å². The van der Waals surface area contributed by atoms with Gasteiger partial charge < -0.3 is 14.7 Å². The Labute approximate surface area is 158 Å². The van der Waals surface area contributed by atoms with Crippen LogP contribution in [0, 0.1) is 5.92 Å². The standard InChI is InChI=1S/C22H23NO4/c1-2-19-20(25)6-3-7-21(19)27-15-17-5-4-12-23(13-17)22(26)18-10-8-16(14-24)9-11-18/h2-3,6-11,14,17,25H,1,4-5,12-13,15H2/t17-/m1/s1. The molecule has 0 unspecified atom stereocenters. The molecular formula is C22H23NO4. The summed E-state index contributed by atoms with van der Waals surface area (Å²) < 4.78 is 5.90. The quantitative estimate of drug-likeness (QED) is 0.791. The highest BCUT2D eigenvalue weighted by atomic mass is 16.5. The van der Waals surface area contributed by atoms with E-state index in [1.165, 1.54) is 0 Å². The van der Waals surface area contributed by atoms with Gasteiger partial charge in [-0.25, -0.2) is 0 Å². The summed E-state index contributed by atoms with van der Waals surface area (Å²) in [6, 6.07) is 11.8. The van der Waals surface area contributed by atoms with E-state index in [0.29, 0.717) is 35.6 Å². The molecule has 2 aromatic carbocycles. The van der Waals surface area contributed by atoms with E-state index < -0.39 is 0 Å². The first-order chi connectivity index (χ1) is 13.1. The van der Waals surface area contributed by atoms with Crippen molar-refractivity contribution in [3.05, 3.63) is 65.7 Å². The number of ether oxygens (including phenoxy) is 1. The third-order valence-corrected chi connectivity index (χ3v) is 4.82. The second-order valence-electron chi connectivity index (χ2n) is 6.70. The number of piperidine rings is 1. The van der Waals surface area contributed by atoms with E-state index in [9.17, 15) is 14.7 Å². The number of carbonyl (C=O) groups is 2. The summed E-state index contributed by atoms with van der Waals surface area (Å²) in [4.78, 5) is 25.3. The van der Waals surface area contributed by atoms with Gasteiger partial charge in [-0.15, -0.1) is 0 Å². The lowest BCUT2D eigenvalue weighted by atomic mass is 9.98. The molecule has 2 aromatic rings. The average molecular weight is 365 g/mol. The average Bonchev–Trinajstić information content (AvgIpc) is 2.72. The van der Waals surface area contributed by atoms with Crippen molar-refractivity contribution >= 4 is 18.3 Å². The normalized spacial score (nSPS) is 16.6. The van der Waals surface area contributed by atoms with Gasteiger partial charge in [-0.3, -0.25) is 9.59 Å². The number of aromatic hydroxyl groups is 1. The summed E-state index contributed by atoms with van der Waals surface area (Å²) in [7, 11) is 0. The number of likely N-dealkylation sites (tertiary alicyclic amines) is 1. The second-order valence-corrected chi connectivity index (χ2v) is 6.70. The van der Waals surface area contributed by atoms with Crippen molar-refractivity contribution < 1.29 is 19.4 Å². The van der Waals surface area contributed by atoms with Crippen LogP contribution >= 0.6 is 0 Å². The highest BCUT2D eigenvalue weighted by molar-refractivity contribution is 5.95. The number of amides is 1. The van der Waals surface area contributed by atoms with Gasteiger partial charge in [-0.1, -0.05) is 30.9 Å². The molecule has 1 N–H and O–H groups in total. The second kappa shape index (κ2) is 8.54. The molecule has 0 aromatic heterocycles. The molecule has 0 saturated carbocycles. The van der Waals surface area contributed by atoms with Crippen LogP contribution < -0.4 is 4.74 Å². The van der Waals surface area contributed by atoms with Crippen LogP contribution in [0.1, 0.15) is 39.1 Å². The number of hydrogen-bond acceptors (Lipinski definition) is 4. The molecular weight excluding hydrogens is 342 g/mol. The van der Waals surface area contributed by atoms with E-state index >= 15 is 0 Å². The first kappa shape index (κ1) is 18.7. The molecule has 1 atom stereocenters. The zero-order chi connectivity index (χ0) is 19.2. The Morgan fingerprint density at radius 1 is 1.26 bits per heavy atom. The number of phenols is 1. The number of benzene rings is 2. The van der Waals surface area contributed by atoms with Crippen molar-refractivity contribution in [3.8, 4) is 11.5 Å². The maximum atomic E-state index is 12.7. The van der Waals surface area contributed by atoms with Gasteiger partial charge in [-0.05, 0) is 37.1 Å². The number of carbonyl (C=O) groups excluding carboxylic acids is 2. The van der Waals surface area contributed by atoms with Gasteiger partial charge in [0.05, 0.1) is 12.2 Å². The first-order valence-corrected chi connectivity index (χ1v) is 9.04. The molecule has 27 heavy (non-hydrogen) atoms. The fraction of sp³-hybridized carbons (Fsp3) is 0.273. The molecule has 0 aliphatic carbocycles. The van der Waals surface area contributed by atoms with Crippen molar-refractivity contribution in [2.45, 2.75) is 12.8 Å². The zero-order valence-corrected chi connectivity index (χ0v) is 15.1. The van der Waals surface area contributed by atoms with E-state index in [1.54, 1.807) is 48.5 Å². The maximum Gasteiger partial charge on any atom is 0.253 e. The minimum Gasteiger partial charge on any atom is -0.507 e. The summed E-state index contributed by atoms with van der Waals surface area (Å²) in [5, 5.41) is 9.88. The Morgan fingerprint density at radius 2 is 2.04 bits per heavy atom. The van der Waals surface area contributed by atoms with Crippen molar-refractivity contribution in [2.75, 3.05) is 19.7 Å². The maximum absolute atomic E-state index is 12.7. The van der Waals surface area contributed by atoms with Crippen molar-refractivity contribution in [2.24, 2.45) is 5.92 Å². The van der Waals surface area contributed by atoms with Gasteiger partial charge in [-0.2, -0.15) is 0 Å². The molecule has 3 rings (SSSR count). The molecule has 0 radical (unpaired) electrons. The topological polar surface area (TPSA) is 66.8 Å². The van der Waals surface area contributed by atoms with Crippen LogP contribution in [0.2, 0.25) is 0 Å². The molecule has 0 bridgehead atoms. The first-order valence-electron chi connectivity index (χ1n) is 9.04. The van der Waals surface area contributed by atoms with Crippen LogP contribution in [0.25, 0.3) is 6.08 Å². The predicted octanol–water partition coefficient (Wildman–Crippen LogP) is 3.78. The number of aldehydes is 1. The van der Waals surface area contributed by atoms with Gasteiger partial charge in [0, 0.05) is 30.1 Å². The highest BCUT2D eigenvalue weighted by Crippen LogP contribution is 2.29. The smallest absolute Gasteiger partial charge is 0.253 e. The highest BCUT2D eigenvalue weighted by Gasteiger charge is 2.25. The molecule has 0 spiro atoms. The Balaban J connectivity index is 1.62. The Bertz CT molecular complexity index is 829. The van der Waals surface area contributed by atoms with Gasteiger partial charge in [0.2, 0.25) is 0 Å². The lowest BCUT2D eigenvalue weighted by Crippen LogP contribution is -2.41. The van der Waals surface area contributed by atoms with Crippen molar-refractivity contribution in [1.29, 1.82) is 0 Å². The minimum atomic E-state index is -0.0266. The number of rotatable bonds is 6. The van der Waals surface area contributed by atoms with E-state index in [1.807, 2.05) is 4.90 Å². The molecule has 1 aliphatic rings. The van der Waals surface area contributed by atoms with Crippen LogP contribution in [0.4, 0.5) is 0 Å². The third-order valence-electron chi connectivity index (χ3n) is 4.82. The van der Waals surface area contributed by atoms with Gasteiger partial charge in [0.15, 0.2) is 0 Å². The number of nitrogens with zero attached hydrogens (tertiary/aromatic N) is 1. The molecule has 1 aliphatic heterocycles. The Morgan fingerprint density at radius 3 is 2.74 bits per heavy atom. The largest absolute Gasteiger partial charge is 0.507 e. The summed E-state index contributed by atoms with van der Waals surface area (Å²) in [6.45, 7) is 5.52. The monoisotopic (exact) mass is 365 g/mol. The molecule has 1 saturated heterocycles. The molecule has 140 valence electrons. The fourth-order valence-corrected chi connectivity index (χ4v) is 3.34. The van der Waals surface area contributed by atoms with Gasteiger partial charge >= 0.3 is 0 Å². The van der Waals surface area contributed by atoms with Gasteiger partial charge in [0.1, 0.15) is 17.8 Å². The van der Waals surface area contributed by atoms with Gasteiger partial charge in [0.25, 0.3) is 5.91 Å². The van der Waals surface area contributed by atoms with Crippen molar-refractivity contribution in [3.63, 3.8) is 0 Å². The predicted molar refractivity (Wildman–Crippen MR) is 104 cm³/mol. The summed E-state index contributed by atoms with van der Waals surface area (Å²) >= 11 is 0. The molecule has 1 fully saturated rings. The summed E-state index contributed by atoms with van der Waals surface area (Å²) in [6.07, 6.45) is 4.24.